The fourth-order valence-corrected chi connectivity index (χ4v) is 15.2. The lowest BCUT2D eigenvalue weighted by Crippen LogP contribution is -2.64. The highest BCUT2D eigenvalue weighted by molar-refractivity contribution is 5.33. The first-order valence-corrected chi connectivity index (χ1v) is 20.5. The van der Waals surface area contributed by atoms with Crippen molar-refractivity contribution < 1.29 is 69.3 Å². The van der Waals surface area contributed by atoms with E-state index < -0.39 is 90.4 Å². The van der Waals surface area contributed by atoms with Crippen LogP contribution in [0.5, 0.6) is 0 Å². The Bertz CT molecular complexity index is 1500. The van der Waals surface area contributed by atoms with E-state index in [9.17, 15) is 40.9 Å². The van der Waals surface area contributed by atoms with Gasteiger partial charge in [0.2, 0.25) is 5.79 Å². The zero-order valence-electron chi connectivity index (χ0n) is 32.7. The zero-order valence-corrected chi connectivity index (χ0v) is 32.7. The summed E-state index contributed by atoms with van der Waals surface area (Å²) in [5.41, 5.74) is -1.79. The highest BCUT2D eigenvalue weighted by Gasteiger charge is 2.85. The normalized spacial score (nSPS) is 62.4. The van der Waals surface area contributed by atoms with E-state index in [0.717, 1.165) is 32.1 Å². The number of aliphatic hydroxyl groups is 8. The van der Waals surface area contributed by atoms with Gasteiger partial charge in [-0.3, -0.25) is 0 Å². The van der Waals surface area contributed by atoms with E-state index in [1.54, 1.807) is 0 Å². The molecule has 54 heavy (non-hydrogen) atoms. The summed E-state index contributed by atoms with van der Waals surface area (Å²) in [5.74, 6) is -1.50. The summed E-state index contributed by atoms with van der Waals surface area (Å²) >= 11 is 0. The van der Waals surface area contributed by atoms with Crippen molar-refractivity contribution in [2.45, 2.75) is 185 Å². The molecule has 0 radical (unpaired) electrons. The second-order valence-electron chi connectivity index (χ2n) is 20.8. The fourth-order valence-electron chi connectivity index (χ4n) is 15.2. The van der Waals surface area contributed by atoms with Crippen molar-refractivity contribution in [3.63, 3.8) is 0 Å². The van der Waals surface area contributed by atoms with E-state index in [0.29, 0.717) is 12.8 Å². The topological polar surface area (TPSA) is 217 Å². The molecule has 9 fully saturated rings. The molecule has 4 saturated heterocycles. The van der Waals surface area contributed by atoms with Crippen LogP contribution in [0.2, 0.25) is 0 Å². The van der Waals surface area contributed by atoms with Crippen LogP contribution < -0.4 is 0 Å². The smallest absolute Gasteiger partial charge is 0.222 e. The molecule has 4 heterocycles. The molecule has 5 saturated carbocycles. The van der Waals surface area contributed by atoms with Crippen LogP contribution in [-0.2, 0) is 28.4 Å². The number of hydrogen-bond acceptors (Lipinski definition) is 14. The predicted octanol–water partition coefficient (Wildman–Crippen LogP) is 0.556. The second-order valence-corrected chi connectivity index (χ2v) is 20.8. The third-order valence-electron chi connectivity index (χ3n) is 17.8. The third-order valence-corrected chi connectivity index (χ3v) is 17.8. The van der Waals surface area contributed by atoms with Crippen molar-refractivity contribution in [3.05, 3.63) is 0 Å². The molecule has 9 aliphatic rings. The minimum absolute atomic E-state index is 0.0361. The summed E-state index contributed by atoms with van der Waals surface area (Å²) in [6.07, 6.45) is -7.97. The lowest BCUT2D eigenvalue weighted by atomic mass is 9.41. The van der Waals surface area contributed by atoms with Gasteiger partial charge in [0.15, 0.2) is 12.6 Å². The van der Waals surface area contributed by atoms with Gasteiger partial charge in [0.25, 0.3) is 0 Å². The van der Waals surface area contributed by atoms with Gasteiger partial charge >= 0.3 is 0 Å². The molecular weight excluding hydrogens is 704 g/mol. The zero-order chi connectivity index (χ0) is 38.9. The Hall–Kier alpha value is -0.560. The quantitative estimate of drug-likeness (QED) is 0.184. The van der Waals surface area contributed by atoms with Crippen LogP contribution in [0.25, 0.3) is 0 Å². The maximum absolute atomic E-state index is 12.4. The molecule has 0 unspecified atom stereocenters. The van der Waals surface area contributed by atoms with Gasteiger partial charge < -0.3 is 69.3 Å². The van der Waals surface area contributed by atoms with E-state index >= 15 is 0 Å². The summed E-state index contributed by atoms with van der Waals surface area (Å²) in [4.78, 5) is 0. The molecule has 14 heteroatoms. The Morgan fingerprint density at radius 2 is 1.35 bits per heavy atom. The van der Waals surface area contributed by atoms with Gasteiger partial charge in [-0.15, -0.1) is 0 Å². The summed E-state index contributed by atoms with van der Waals surface area (Å²) in [6, 6.07) is 0. The largest absolute Gasteiger partial charge is 0.393 e. The molecule has 0 aromatic rings. The number of ether oxygens (including phenoxy) is 6. The molecule has 5 aliphatic carbocycles. The molecule has 0 amide bonds. The van der Waals surface area contributed by atoms with Crippen molar-refractivity contribution in [3.8, 4) is 0 Å². The third kappa shape index (κ3) is 4.78. The fraction of sp³-hybridized carbons (Fsp3) is 1.00. The number of rotatable bonds is 4. The molecule has 9 rings (SSSR count). The van der Waals surface area contributed by atoms with Gasteiger partial charge in [0.1, 0.15) is 48.8 Å². The molecule has 0 aromatic carbocycles. The van der Waals surface area contributed by atoms with Crippen molar-refractivity contribution in [2.24, 2.45) is 50.7 Å². The Morgan fingerprint density at radius 3 is 2.06 bits per heavy atom. The summed E-state index contributed by atoms with van der Waals surface area (Å²) in [7, 11) is 0. The average Bonchev–Trinajstić information content (AvgIpc) is 3.62. The van der Waals surface area contributed by atoms with Crippen LogP contribution in [-0.4, -0.2) is 145 Å². The van der Waals surface area contributed by atoms with Gasteiger partial charge in [-0.1, -0.05) is 34.6 Å². The predicted molar refractivity (Wildman–Crippen MR) is 187 cm³/mol. The van der Waals surface area contributed by atoms with Crippen LogP contribution in [0.3, 0.4) is 0 Å². The van der Waals surface area contributed by atoms with Crippen molar-refractivity contribution in [1.29, 1.82) is 0 Å². The van der Waals surface area contributed by atoms with E-state index in [4.69, 9.17) is 28.4 Å². The van der Waals surface area contributed by atoms with Gasteiger partial charge in [-0.2, -0.15) is 0 Å². The highest BCUT2D eigenvalue weighted by atomic mass is 16.8. The molecule has 8 N–H and O–H groups in total. The Labute approximate surface area is 317 Å². The van der Waals surface area contributed by atoms with Crippen molar-refractivity contribution in [2.75, 3.05) is 13.2 Å². The summed E-state index contributed by atoms with van der Waals surface area (Å²) in [6.45, 7) is 14.4. The summed E-state index contributed by atoms with van der Waals surface area (Å²) < 4.78 is 37.0. The Kier molecular flexibility index (Phi) is 8.67. The molecule has 14 nitrogen and oxygen atoms in total. The SMILES string of the molecule is C[C@H]1[C@H]2[C@H](C[C@@]3(C)[C@@H]4C[C@H](O)[C@H]5C(C)(C)[C@@H](O[C@@H]6OC[C@@H](O)[C@H](O)[C@H]6O[C@@H]6OC[C@H](O)[C@H](O)[C@H]6O)CC[C@@]56C[C@@]46CC[C@]23C)O[C@@]2(O)[C@@H]1OC(C)(C)[C@H]2O. The van der Waals surface area contributed by atoms with Crippen LogP contribution >= 0.6 is 0 Å². The number of fused-ring (bicyclic) bond motifs is 5. The second kappa shape index (κ2) is 12.0. The minimum atomic E-state index is -1.77. The van der Waals surface area contributed by atoms with Crippen molar-refractivity contribution >= 4 is 0 Å². The van der Waals surface area contributed by atoms with Crippen LogP contribution in [0.4, 0.5) is 0 Å². The number of hydrogen-bond donors (Lipinski definition) is 8. The molecule has 308 valence electrons. The van der Waals surface area contributed by atoms with E-state index in [-0.39, 0.29) is 64.6 Å². The minimum Gasteiger partial charge on any atom is -0.393 e. The first-order chi connectivity index (χ1) is 25.1. The molecular formula is C40H64O14. The first-order valence-electron chi connectivity index (χ1n) is 20.5. The standard InChI is InChI=1S/C40H64O14/c1-17-24-21(53-40(48)30(17)54-35(4,5)33(40)47)13-37(7)22-12-18(41)29-34(2,3)23(8-9-39(29)16-38(22,39)11-10-36(24,37)6)51-32-28(26(45)20(43)15-50-32)52-31-27(46)25(44)19(42)14-49-31/h17-33,41-48H,8-16H2,1-7H3/t17-,18-,19-,20+,21-,22-,23-,24-,25-,26-,27+,28+,29-,30+,31-,32-,33+,36+,37-,38-,39+,40-/m0/s1. The molecule has 4 aliphatic heterocycles. The lowest BCUT2D eigenvalue weighted by Gasteiger charge is -2.64. The van der Waals surface area contributed by atoms with E-state index in [1.807, 2.05) is 13.8 Å². The maximum atomic E-state index is 12.4. The van der Waals surface area contributed by atoms with Gasteiger partial charge in [0, 0.05) is 0 Å². The van der Waals surface area contributed by atoms with E-state index in [1.165, 1.54) is 0 Å². The van der Waals surface area contributed by atoms with E-state index in [2.05, 4.69) is 34.6 Å². The van der Waals surface area contributed by atoms with Crippen LogP contribution in [0.15, 0.2) is 0 Å². The summed E-state index contributed by atoms with van der Waals surface area (Å²) in [5, 5.41) is 87.8. The Balaban J connectivity index is 0.959. The van der Waals surface area contributed by atoms with Gasteiger partial charge in [-0.25, -0.2) is 0 Å². The molecule has 2 spiro atoms. The molecule has 22 atom stereocenters. The average molecular weight is 769 g/mol. The highest BCUT2D eigenvalue weighted by Crippen LogP contribution is 2.89. The van der Waals surface area contributed by atoms with Crippen LogP contribution in [0, 0.1) is 50.7 Å². The van der Waals surface area contributed by atoms with Gasteiger partial charge in [-0.05, 0) is 110 Å². The maximum Gasteiger partial charge on any atom is 0.222 e. The van der Waals surface area contributed by atoms with Crippen LogP contribution in [0.1, 0.15) is 93.4 Å². The molecule has 0 aromatic heterocycles. The van der Waals surface area contributed by atoms with Gasteiger partial charge in [0.05, 0.1) is 37.1 Å². The number of aliphatic hydroxyl groups excluding tert-OH is 7. The first kappa shape index (κ1) is 38.9. The van der Waals surface area contributed by atoms with Crippen molar-refractivity contribution in [1.82, 2.24) is 0 Å². The molecule has 0 bridgehead atoms. The monoisotopic (exact) mass is 768 g/mol. The Morgan fingerprint density at radius 1 is 0.685 bits per heavy atom. The lowest BCUT2D eigenvalue weighted by molar-refractivity contribution is -0.356.